The Labute approximate surface area is 108 Å². The molecule has 3 N–H and O–H groups in total. The zero-order valence-corrected chi connectivity index (χ0v) is 11.1. The largest absolute Gasteiger partial charge is 0.453 e. The standard InChI is InChI=1S/C12H23N3O3/c1-3-9(7-13)6-11(16)15-5-4-10(8-15)14-12(17)18-2/h9-10H,3-8,13H2,1-2H3,(H,14,17). The third-order valence-electron chi connectivity index (χ3n) is 3.42. The molecule has 18 heavy (non-hydrogen) atoms. The van der Waals surface area contributed by atoms with E-state index >= 15 is 0 Å². The quantitative estimate of drug-likeness (QED) is 0.742. The highest BCUT2D eigenvalue weighted by Gasteiger charge is 2.28. The smallest absolute Gasteiger partial charge is 0.407 e. The Bertz CT molecular complexity index is 292. The van der Waals surface area contributed by atoms with E-state index in [0.717, 1.165) is 12.8 Å². The van der Waals surface area contributed by atoms with Crippen LogP contribution in [0.5, 0.6) is 0 Å². The number of methoxy groups -OCH3 is 1. The Morgan fingerprint density at radius 1 is 1.56 bits per heavy atom. The highest BCUT2D eigenvalue weighted by molar-refractivity contribution is 5.77. The zero-order chi connectivity index (χ0) is 13.5. The second-order valence-electron chi connectivity index (χ2n) is 4.68. The molecule has 0 aromatic carbocycles. The van der Waals surface area contributed by atoms with Crippen LogP contribution in [0.15, 0.2) is 0 Å². The Hall–Kier alpha value is -1.30. The molecule has 0 aromatic rings. The minimum absolute atomic E-state index is 0.000599. The molecule has 0 aromatic heterocycles. The summed E-state index contributed by atoms with van der Waals surface area (Å²) < 4.78 is 4.54. The number of ether oxygens (including phenoxy) is 1. The maximum absolute atomic E-state index is 12.0. The average molecular weight is 257 g/mol. The molecule has 6 nitrogen and oxygen atoms in total. The number of hydrogen-bond acceptors (Lipinski definition) is 4. The van der Waals surface area contributed by atoms with Crippen LogP contribution in [0.2, 0.25) is 0 Å². The van der Waals surface area contributed by atoms with E-state index < -0.39 is 6.09 Å². The number of nitrogens with two attached hydrogens (primary N) is 1. The number of alkyl carbamates (subject to hydrolysis) is 1. The molecule has 104 valence electrons. The van der Waals surface area contributed by atoms with E-state index in [4.69, 9.17) is 5.73 Å². The topological polar surface area (TPSA) is 84.7 Å². The summed E-state index contributed by atoms with van der Waals surface area (Å²) >= 11 is 0. The van der Waals surface area contributed by atoms with Gasteiger partial charge in [-0.1, -0.05) is 13.3 Å². The van der Waals surface area contributed by atoms with Gasteiger partial charge in [-0.3, -0.25) is 4.79 Å². The molecule has 0 aliphatic carbocycles. The summed E-state index contributed by atoms with van der Waals surface area (Å²) in [6.45, 7) is 3.83. The van der Waals surface area contributed by atoms with Crippen molar-refractivity contribution in [2.45, 2.75) is 32.2 Å². The number of carbonyl (C=O) groups is 2. The minimum atomic E-state index is -0.442. The van der Waals surface area contributed by atoms with Crippen molar-refractivity contribution in [2.24, 2.45) is 11.7 Å². The van der Waals surface area contributed by atoms with Gasteiger partial charge in [-0.15, -0.1) is 0 Å². The molecule has 1 aliphatic heterocycles. The summed E-state index contributed by atoms with van der Waals surface area (Å²) in [5, 5.41) is 2.71. The van der Waals surface area contributed by atoms with Crippen molar-refractivity contribution in [3.05, 3.63) is 0 Å². The molecule has 0 spiro atoms. The van der Waals surface area contributed by atoms with Gasteiger partial charge in [0.05, 0.1) is 13.2 Å². The fourth-order valence-electron chi connectivity index (χ4n) is 2.10. The Kier molecular flexibility index (Phi) is 5.91. The van der Waals surface area contributed by atoms with Gasteiger partial charge in [0, 0.05) is 19.5 Å². The van der Waals surface area contributed by atoms with Crippen molar-refractivity contribution in [1.82, 2.24) is 10.2 Å². The van der Waals surface area contributed by atoms with E-state index in [2.05, 4.69) is 10.1 Å². The first-order chi connectivity index (χ1) is 8.60. The SMILES string of the molecule is CCC(CN)CC(=O)N1CCC(NC(=O)OC)C1. The van der Waals surface area contributed by atoms with Crippen LogP contribution in [0.3, 0.4) is 0 Å². The lowest BCUT2D eigenvalue weighted by atomic mass is 10.0. The van der Waals surface area contributed by atoms with Gasteiger partial charge in [-0.2, -0.15) is 0 Å². The van der Waals surface area contributed by atoms with Crippen molar-refractivity contribution in [3.63, 3.8) is 0 Å². The first-order valence-corrected chi connectivity index (χ1v) is 6.43. The van der Waals surface area contributed by atoms with Crippen molar-refractivity contribution >= 4 is 12.0 Å². The summed E-state index contributed by atoms with van der Waals surface area (Å²) in [4.78, 5) is 24.9. The van der Waals surface area contributed by atoms with Crippen molar-refractivity contribution in [1.29, 1.82) is 0 Å². The van der Waals surface area contributed by atoms with Gasteiger partial charge in [0.15, 0.2) is 0 Å². The fourth-order valence-corrected chi connectivity index (χ4v) is 2.10. The van der Waals surface area contributed by atoms with E-state index in [0.29, 0.717) is 26.1 Å². The van der Waals surface area contributed by atoms with Crippen LogP contribution in [-0.2, 0) is 9.53 Å². The lowest BCUT2D eigenvalue weighted by Crippen LogP contribution is -2.39. The summed E-state index contributed by atoms with van der Waals surface area (Å²) in [5.74, 6) is 0.381. The molecule has 0 saturated carbocycles. The van der Waals surface area contributed by atoms with E-state index in [1.165, 1.54) is 7.11 Å². The summed E-state index contributed by atoms with van der Waals surface area (Å²) in [7, 11) is 1.33. The van der Waals surface area contributed by atoms with Crippen molar-refractivity contribution in [3.8, 4) is 0 Å². The molecule has 1 heterocycles. The van der Waals surface area contributed by atoms with Crippen LogP contribution in [0.4, 0.5) is 4.79 Å². The molecular weight excluding hydrogens is 234 g/mol. The lowest BCUT2D eigenvalue weighted by molar-refractivity contribution is -0.131. The number of nitrogens with one attached hydrogen (secondary N) is 1. The van der Waals surface area contributed by atoms with Crippen LogP contribution < -0.4 is 11.1 Å². The zero-order valence-electron chi connectivity index (χ0n) is 11.1. The van der Waals surface area contributed by atoms with Crippen molar-refractivity contribution in [2.75, 3.05) is 26.7 Å². The van der Waals surface area contributed by atoms with Crippen molar-refractivity contribution < 1.29 is 14.3 Å². The molecule has 0 bridgehead atoms. The molecule has 0 radical (unpaired) electrons. The maximum atomic E-state index is 12.0. The van der Waals surface area contributed by atoms with Gasteiger partial charge in [0.1, 0.15) is 0 Å². The molecule has 1 aliphatic rings. The number of amides is 2. The van der Waals surface area contributed by atoms with E-state index in [9.17, 15) is 9.59 Å². The average Bonchev–Trinajstić information content (AvgIpc) is 2.84. The Balaban J connectivity index is 2.36. The second-order valence-corrected chi connectivity index (χ2v) is 4.68. The molecule has 2 amide bonds. The summed E-state index contributed by atoms with van der Waals surface area (Å²) in [6, 6.07) is -0.000599. The summed E-state index contributed by atoms with van der Waals surface area (Å²) in [6.07, 6.45) is 1.75. The van der Waals surface area contributed by atoms with Crippen LogP contribution >= 0.6 is 0 Å². The highest BCUT2D eigenvalue weighted by atomic mass is 16.5. The normalized spacial score (nSPS) is 20.6. The van der Waals surface area contributed by atoms with Crippen LogP contribution in [-0.4, -0.2) is 49.7 Å². The van der Waals surface area contributed by atoms with Gasteiger partial charge in [0.25, 0.3) is 0 Å². The molecule has 1 rings (SSSR count). The number of likely N-dealkylation sites (tertiary alicyclic amines) is 1. The van der Waals surface area contributed by atoms with Crippen LogP contribution in [0, 0.1) is 5.92 Å². The van der Waals surface area contributed by atoms with Gasteiger partial charge < -0.3 is 20.7 Å². The monoisotopic (exact) mass is 257 g/mol. The van der Waals surface area contributed by atoms with Crippen LogP contribution in [0.25, 0.3) is 0 Å². The lowest BCUT2D eigenvalue weighted by Gasteiger charge is -2.19. The highest BCUT2D eigenvalue weighted by Crippen LogP contribution is 2.14. The van der Waals surface area contributed by atoms with Gasteiger partial charge in [0.2, 0.25) is 5.91 Å². The first-order valence-electron chi connectivity index (χ1n) is 6.43. The number of rotatable bonds is 5. The molecular formula is C12H23N3O3. The number of nitrogens with zero attached hydrogens (tertiary/aromatic N) is 1. The van der Waals surface area contributed by atoms with E-state index in [1.54, 1.807) is 4.90 Å². The maximum Gasteiger partial charge on any atom is 0.407 e. The predicted molar refractivity (Wildman–Crippen MR) is 68.0 cm³/mol. The van der Waals surface area contributed by atoms with E-state index in [1.807, 2.05) is 6.92 Å². The van der Waals surface area contributed by atoms with Gasteiger partial charge >= 0.3 is 6.09 Å². The van der Waals surface area contributed by atoms with Gasteiger partial charge in [-0.05, 0) is 18.9 Å². The van der Waals surface area contributed by atoms with E-state index in [-0.39, 0.29) is 17.9 Å². The van der Waals surface area contributed by atoms with Gasteiger partial charge in [-0.25, -0.2) is 4.79 Å². The second kappa shape index (κ2) is 7.20. The molecule has 2 unspecified atom stereocenters. The minimum Gasteiger partial charge on any atom is -0.453 e. The fraction of sp³-hybridized carbons (Fsp3) is 0.833. The molecule has 1 saturated heterocycles. The summed E-state index contributed by atoms with van der Waals surface area (Å²) in [5.41, 5.74) is 5.60. The molecule has 1 fully saturated rings. The Morgan fingerprint density at radius 2 is 2.28 bits per heavy atom. The third kappa shape index (κ3) is 4.18. The molecule has 2 atom stereocenters. The number of hydrogen-bond donors (Lipinski definition) is 2. The predicted octanol–water partition coefficient (Wildman–Crippen LogP) is 0.318. The first kappa shape index (κ1) is 14.8. The third-order valence-corrected chi connectivity index (χ3v) is 3.42. The van der Waals surface area contributed by atoms with Crippen LogP contribution in [0.1, 0.15) is 26.2 Å². The number of carbonyl (C=O) groups excluding carboxylic acids is 2. The molecule has 6 heteroatoms. The Morgan fingerprint density at radius 3 is 2.83 bits per heavy atom.